The lowest BCUT2D eigenvalue weighted by Crippen LogP contribution is -2.22. The monoisotopic (exact) mass is 351 g/mol. The minimum atomic E-state index is -0.801. The molecule has 3 aromatic rings. The Bertz CT molecular complexity index is 976. The number of fused-ring (bicyclic) bond motifs is 1. The summed E-state index contributed by atoms with van der Waals surface area (Å²) >= 11 is 0. The number of carbonyl (C=O) groups excluding carboxylic acids is 1. The molecule has 2 heterocycles. The summed E-state index contributed by atoms with van der Waals surface area (Å²) in [7, 11) is 0. The van der Waals surface area contributed by atoms with Gasteiger partial charge in [0, 0.05) is 11.1 Å². The third kappa shape index (κ3) is 3.12. The number of amides is 1. The van der Waals surface area contributed by atoms with Crippen LogP contribution in [-0.2, 0) is 11.3 Å². The molecule has 26 heavy (non-hydrogen) atoms. The molecule has 6 nitrogen and oxygen atoms in total. The van der Waals surface area contributed by atoms with E-state index in [4.69, 9.17) is 15.2 Å². The summed E-state index contributed by atoms with van der Waals surface area (Å²) in [5, 5.41) is 0. The number of halogens is 1. The number of hydrogen-bond acceptors (Lipinski definition) is 5. The van der Waals surface area contributed by atoms with Crippen molar-refractivity contribution in [3.8, 4) is 17.0 Å². The van der Waals surface area contributed by atoms with Crippen LogP contribution < -0.4 is 10.5 Å². The summed E-state index contributed by atoms with van der Waals surface area (Å²) in [5.41, 5.74) is 7.69. The van der Waals surface area contributed by atoms with Crippen molar-refractivity contribution in [3.63, 3.8) is 0 Å². The van der Waals surface area contributed by atoms with E-state index in [0.717, 1.165) is 5.56 Å². The van der Waals surface area contributed by atoms with Gasteiger partial charge >= 0.3 is 0 Å². The number of benzene rings is 2. The zero-order valence-corrected chi connectivity index (χ0v) is 13.6. The zero-order valence-electron chi connectivity index (χ0n) is 13.6. The second kappa shape index (κ2) is 6.53. The van der Waals surface area contributed by atoms with E-state index in [0.29, 0.717) is 29.3 Å². The maximum atomic E-state index is 13.2. The van der Waals surface area contributed by atoms with Crippen molar-refractivity contribution < 1.29 is 18.7 Å². The standard InChI is InChI=1S/C19H14FN3O3/c20-13-7-5-11(6-8-13)14-9-15(23-18(22-14)17(21)24)19-25-10-12-3-1-2-4-16(12)26-19/h1-9,19H,10H2,(H2,21,24). The van der Waals surface area contributed by atoms with Gasteiger partial charge in [-0.05, 0) is 36.4 Å². The molecular formula is C19H14FN3O3. The SMILES string of the molecule is NC(=O)c1nc(-c2ccc(F)cc2)cc(C2OCc3ccccc3O2)n1. The van der Waals surface area contributed by atoms with Gasteiger partial charge < -0.3 is 15.2 Å². The van der Waals surface area contributed by atoms with E-state index in [2.05, 4.69) is 9.97 Å². The summed E-state index contributed by atoms with van der Waals surface area (Å²) in [6.07, 6.45) is -0.801. The van der Waals surface area contributed by atoms with Crippen molar-refractivity contribution in [2.75, 3.05) is 0 Å². The fourth-order valence-corrected chi connectivity index (χ4v) is 2.66. The van der Waals surface area contributed by atoms with Gasteiger partial charge in [-0.3, -0.25) is 4.79 Å². The van der Waals surface area contributed by atoms with Gasteiger partial charge in [-0.1, -0.05) is 18.2 Å². The van der Waals surface area contributed by atoms with Gasteiger partial charge in [0.05, 0.1) is 12.3 Å². The molecule has 0 saturated heterocycles. The maximum Gasteiger partial charge on any atom is 0.286 e. The van der Waals surface area contributed by atoms with Crippen molar-refractivity contribution in [1.29, 1.82) is 0 Å². The molecule has 1 aliphatic rings. The van der Waals surface area contributed by atoms with E-state index in [-0.39, 0.29) is 11.6 Å². The van der Waals surface area contributed by atoms with E-state index >= 15 is 0 Å². The van der Waals surface area contributed by atoms with E-state index in [1.807, 2.05) is 24.3 Å². The summed E-state index contributed by atoms with van der Waals surface area (Å²) < 4.78 is 24.7. The molecule has 7 heteroatoms. The van der Waals surface area contributed by atoms with Crippen LogP contribution >= 0.6 is 0 Å². The number of para-hydroxylation sites is 1. The highest BCUT2D eigenvalue weighted by Gasteiger charge is 2.25. The lowest BCUT2D eigenvalue weighted by Gasteiger charge is -2.26. The Hall–Kier alpha value is -3.32. The molecule has 0 aliphatic carbocycles. The Morgan fingerprint density at radius 3 is 2.65 bits per heavy atom. The predicted octanol–water partition coefficient (Wildman–Crippen LogP) is 2.99. The molecule has 1 atom stereocenters. The van der Waals surface area contributed by atoms with Gasteiger partial charge in [-0.25, -0.2) is 14.4 Å². The number of hydrogen-bond donors (Lipinski definition) is 1. The fraction of sp³-hybridized carbons (Fsp3) is 0.105. The molecule has 2 N–H and O–H groups in total. The highest BCUT2D eigenvalue weighted by Crippen LogP contribution is 2.33. The predicted molar refractivity (Wildman–Crippen MR) is 90.5 cm³/mol. The normalized spacial score (nSPS) is 15.8. The van der Waals surface area contributed by atoms with Gasteiger partial charge in [0.25, 0.3) is 5.91 Å². The van der Waals surface area contributed by atoms with Crippen LogP contribution in [0.2, 0.25) is 0 Å². The Balaban J connectivity index is 1.74. The van der Waals surface area contributed by atoms with Crippen LogP contribution in [0.4, 0.5) is 4.39 Å². The summed E-state index contributed by atoms with van der Waals surface area (Å²) in [4.78, 5) is 19.9. The highest BCUT2D eigenvalue weighted by molar-refractivity contribution is 5.89. The van der Waals surface area contributed by atoms with Crippen molar-refractivity contribution in [2.24, 2.45) is 5.73 Å². The van der Waals surface area contributed by atoms with Crippen molar-refractivity contribution in [1.82, 2.24) is 9.97 Å². The molecule has 1 aliphatic heterocycles. The van der Waals surface area contributed by atoms with E-state index in [1.165, 1.54) is 12.1 Å². The fourth-order valence-electron chi connectivity index (χ4n) is 2.66. The van der Waals surface area contributed by atoms with Crippen LogP contribution in [0.1, 0.15) is 28.2 Å². The molecule has 1 aromatic heterocycles. The molecule has 1 unspecified atom stereocenters. The maximum absolute atomic E-state index is 13.2. The van der Waals surface area contributed by atoms with Gasteiger partial charge in [0.2, 0.25) is 12.1 Å². The summed E-state index contributed by atoms with van der Waals surface area (Å²) in [6.45, 7) is 0.350. The van der Waals surface area contributed by atoms with Crippen LogP contribution in [-0.4, -0.2) is 15.9 Å². The molecule has 0 radical (unpaired) electrons. The zero-order chi connectivity index (χ0) is 18.1. The van der Waals surface area contributed by atoms with Crippen molar-refractivity contribution in [2.45, 2.75) is 12.9 Å². The first-order valence-electron chi connectivity index (χ1n) is 7.91. The van der Waals surface area contributed by atoms with Gasteiger partial charge in [0.1, 0.15) is 17.3 Å². The molecule has 130 valence electrons. The second-order valence-corrected chi connectivity index (χ2v) is 5.74. The number of nitrogens with two attached hydrogens (primary N) is 1. The minimum absolute atomic E-state index is 0.159. The van der Waals surface area contributed by atoms with E-state index in [9.17, 15) is 9.18 Å². The smallest absolute Gasteiger partial charge is 0.286 e. The number of nitrogens with zero attached hydrogens (tertiary/aromatic N) is 2. The van der Waals surface area contributed by atoms with Gasteiger partial charge in [0.15, 0.2) is 0 Å². The quantitative estimate of drug-likeness (QED) is 0.784. The van der Waals surface area contributed by atoms with Crippen molar-refractivity contribution in [3.05, 3.63) is 77.5 Å². The first kappa shape index (κ1) is 16.2. The number of carbonyl (C=O) groups is 1. The Morgan fingerprint density at radius 1 is 1.12 bits per heavy atom. The summed E-state index contributed by atoms with van der Waals surface area (Å²) in [6, 6.07) is 14.9. The molecule has 0 saturated carbocycles. The average Bonchev–Trinajstić information content (AvgIpc) is 2.67. The molecule has 0 fully saturated rings. The number of rotatable bonds is 3. The molecule has 0 bridgehead atoms. The Kier molecular flexibility index (Phi) is 4.06. The third-order valence-electron chi connectivity index (χ3n) is 3.94. The molecule has 2 aromatic carbocycles. The van der Waals surface area contributed by atoms with Crippen LogP contribution in [0.5, 0.6) is 5.75 Å². The topological polar surface area (TPSA) is 87.3 Å². The number of ether oxygens (including phenoxy) is 2. The molecular weight excluding hydrogens is 337 g/mol. The lowest BCUT2D eigenvalue weighted by atomic mass is 10.1. The first-order valence-corrected chi connectivity index (χ1v) is 7.91. The highest BCUT2D eigenvalue weighted by atomic mass is 19.1. The van der Waals surface area contributed by atoms with Crippen LogP contribution in [0, 0.1) is 5.82 Å². The van der Waals surface area contributed by atoms with Crippen LogP contribution in [0.25, 0.3) is 11.3 Å². The first-order chi connectivity index (χ1) is 12.6. The largest absolute Gasteiger partial charge is 0.459 e. The molecule has 1 amide bonds. The van der Waals surface area contributed by atoms with E-state index in [1.54, 1.807) is 18.2 Å². The summed E-state index contributed by atoms with van der Waals surface area (Å²) in [5.74, 6) is -0.612. The second-order valence-electron chi connectivity index (χ2n) is 5.74. The molecule has 4 rings (SSSR count). The minimum Gasteiger partial charge on any atom is -0.459 e. The average molecular weight is 351 g/mol. The third-order valence-corrected chi connectivity index (χ3v) is 3.94. The number of aromatic nitrogens is 2. The number of primary amides is 1. The lowest BCUT2D eigenvalue weighted by molar-refractivity contribution is -0.114. The van der Waals surface area contributed by atoms with Crippen molar-refractivity contribution >= 4 is 5.91 Å². The van der Waals surface area contributed by atoms with Gasteiger partial charge in [-0.2, -0.15) is 0 Å². The van der Waals surface area contributed by atoms with Crippen LogP contribution in [0.3, 0.4) is 0 Å². The van der Waals surface area contributed by atoms with Crippen LogP contribution in [0.15, 0.2) is 54.6 Å². The molecule has 0 spiro atoms. The van der Waals surface area contributed by atoms with E-state index < -0.39 is 12.2 Å². The van der Waals surface area contributed by atoms with Gasteiger partial charge in [-0.15, -0.1) is 0 Å². The Labute approximate surface area is 148 Å². The Morgan fingerprint density at radius 2 is 1.88 bits per heavy atom.